The molecule has 0 N–H and O–H groups in total. The molecule has 0 aliphatic carbocycles. The number of amidine groups is 1. The first-order chi connectivity index (χ1) is 17.1. The van der Waals surface area contributed by atoms with Crippen molar-refractivity contribution in [1.82, 2.24) is 4.90 Å². The molecule has 0 aromatic heterocycles. The van der Waals surface area contributed by atoms with Crippen LogP contribution in [0.5, 0.6) is 11.5 Å². The van der Waals surface area contributed by atoms with Crippen LogP contribution in [0.1, 0.15) is 44.4 Å². The van der Waals surface area contributed by atoms with Crippen LogP contribution in [0.25, 0.3) is 6.08 Å². The number of benzene rings is 2. The normalized spacial score (nSPS) is 15.9. The van der Waals surface area contributed by atoms with Gasteiger partial charge in [-0.05, 0) is 75.2 Å². The number of thioether (sulfide) groups is 1. The van der Waals surface area contributed by atoms with Gasteiger partial charge in [-0.25, -0.2) is 0 Å². The molecular weight excluding hydrogens is 478 g/mol. The lowest BCUT2D eigenvalue weighted by Crippen LogP contribution is -2.35. The predicted octanol–water partition coefficient (Wildman–Crippen LogP) is 6.00. The number of carbonyl (C=O) groups is 1. The number of nitrogens with zero attached hydrogens (tertiary/aromatic N) is 3. The highest BCUT2D eigenvalue weighted by Crippen LogP contribution is 2.38. The van der Waals surface area contributed by atoms with Gasteiger partial charge in [0.25, 0.3) is 11.6 Å². The highest BCUT2D eigenvalue weighted by molar-refractivity contribution is 8.18. The van der Waals surface area contributed by atoms with Crippen molar-refractivity contribution >= 4 is 34.6 Å². The molecule has 36 heavy (non-hydrogen) atoms. The highest BCUT2D eigenvalue weighted by atomic mass is 32.2. The number of amides is 1. The largest absolute Gasteiger partial charge is 0.493 e. The quantitative estimate of drug-likeness (QED) is 0.169. The third-order valence-electron chi connectivity index (χ3n) is 5.26. The number of nitro benzene ring substituents is 1. The molecule has 1 heterocycles. The maximum Gasteiger partial charge on any atom is 0.269 e. The number of carbonyl (C=O) groups excluding carboxylic acids is 1. The summed E-state index contributed by atoms with van der Waals surface area (Å²) in [6, 6.07) is 10.1. The zero-order valence-corrected chi connectivity index (χ0v) is 22.0. The number of hydrogen-bond donors (Lipinski definition) is 0. The summed E-state index contributed by atoms with van der Waals surface area (Å²) in [5, 5.41) is 11.8. The van der Waals surface area contributed by atoms with Crippen LogP contribution in [-0.4, -0.2) is 40.1 Å². The van der Waals surface area contributed by atoms with Gasteiger partial charge in [-0.3, -0.25) is 24.8 Å². The monoisotopic (exact) mass is 509 g/mol. The molecule has 0 atom stereocenters. The van der Waals surface area contributed by atoms with Crippen LogP contribution in [-0.2, 0) is 17.8 Å². The topological polar surface area (TPSA) is 94.3 Å². The van der Waals surface area contributed by atoms with Crippen molar-refractivity contribution in [3.05, 3.63) is 80.8 Å². The minimum atomic E-state index is -0.435. The van der Waals surface area contributed by atoms with E-state index < -0.39 is 4.92 Å². The minimum absolute atomic E-state index is 0.00546. The third kappa shape index (κ3) is 6.34. The van der Waals surface area contributed by atoms with E-state index in [0.29, 0.717) is 33.6 Å². The van der Waals surface area contributed by atoms with Gasteiger partial charge in [-0.2, -0.15) is 0 Å². The molecule has 0 radical (unpaired) electrons. The second kappa shape index (κ2) is 11.9. The molecule has 9 heteroatoms. The van der Waals surface area contributed by atoms with Gasteiger partial charge in [0.15, 0.2) is 16.7 Å². The Balaban J connectivity index is 1.95. The molecule has 0 spiro atoms. The fourth-order valence-electron chi connectivity index (χ4n) is 3.71. The molecule has 2 aromatic rings. The summed E-state index contributed by atoms with van der Waals surface area (Å²) < 4.78 is 11.7. The van der Waals surface area contributed by atoms with Crippen LogP contribution in [0, 0.1) is 10.1 Å². The zero-order chi connectivity index (χ0) is 26.4. The minimum Gasteiger partial charge on any atom is -0.493 e. The summed E-state index contributed by atoms with van der Waals surface area (Å²) >= 11 is 1.37. The average molecular weight is 510 g/mol. The SMILES string of the molecule is C=CCc1cc(/C=C2/SC(=NC(C)C)N(C(C)C)C2=O)cc(OC)c1OCc1cccc([N+](=O)[O-])c1. The maximum atomic E-state index is 13.1. The van der Waals surface area contributed by atoms with Gasteiger partial charge in [0.1, 0.15) is 6.61 Å². The van der Waals surface area contributed by atoms with Gasteiger partial charge in [0.05, 0.1) is 16.9 Å². The maximum absolute atomic E-state index is 13.1. The van der Waals surface area contributed by atoms with Crippen LogP contribution in [0.4, 0.5) is 5.69 Å². The zero-order valence-electron chi connectivity index (χ0n) is 21.2. The molecule has 190 valence electrons. The Morgan fingerprint density at radius 2 is 1.97 bits per heavy atom. The smallest absolute Gasteiger partial charge is 0.269 e. The Morgan fingerprint density at radius 3 is 2.58 bits per heavy atom. The van der Waals surface area contributed by atoms with Crippen molar-refractivity contribution in [2.24, 2.45) is 4.99 Å². The average Bonchev–Trinajstić information content (AvgIpc) is 3.12. The van der Waals surface area contributed by atoms with E-state index in [1.54, 1.807) is 30.2 Å². The first-order valence-electron chi connectivity index (χ1n) is 11.6. The molecule has 3 rings (SSSR count). The fourth-order valence-corrected chi connectivity index (χ4v) is 4.94. The van der Waals surface area contributed by atoms with Crippen LogP contribution in [0.3, 0.4) is 0 Å². The molecule has 0 saturated carbocycles. The predicted molar refractivity (Wildman–Crippen MR) is 144 cm³/mol. The first kappa shape index (κ1) is 27.0. The van der Waals surface area contributed by atoms with Crippen LogP contribution >= 0.6 is 11.8 Å². The second-order valence-electron chi connectivity index (χ2n) is 8.80. The van der Waals surface area contributed by atoms with Gasteiger partial charge in [0, 0.05) is 29.8 Å². The summed E-state index contributed by atoms with van der Waals surface area (Å²) in [6.45, 7) is 11.9. The molecule has 0 unspecified atom stereocenters. The number of rotatable bonds is 10. The number of hydrogen-bond acceptors (Lipinski definition) is 7. The van der Waals surface area contributed by atoms with Crippen LogP contribution in [0.15, 0.2) is 59.0 Å². The van der Waals surface area contributed by atoms with E-state index in [4.69, 9.17) is 9.47 Å². The number of methoxy groups -OCH3 is 1. The summed E-state index contributed by atoms with van der Waals surface area (Å²) in [6.07, 6.45) is 4.11. The van der Waals surface area contributed by atoms with Crippen molar-refractivity contribution in [1.29, 1.82) is 0 Å². The Morgan fingerprint density at radius 1 is 1.22 bits per heavy atom. The molecule has 1 aliphatic heterocycles. The van der Waals surface area contributed by atoms with E-state index >= 15 is 0 Å². The number of allylic oxidation sites excluding steroid dienone is 1. The highest BCUT2D eigenvalue weighted by Gasteiger charge is 2.35. The van der Waals surface area contributed by atoms with Gasteiger partial charge in [-0.1, -0.05) is 18.2 Å². The Hall–Kier alpha value is -3.59. The van der Waals surface area contributed by atoms with Crippen molar-refractivity contribution < 1.29 is 19.2 Å². The third-order valence-corrected chi connectivity index (χ3v) is 6.26. The van der Waals surface area contributed by atoms with Gasteiger partial charge >= 0.3 is 0 Å². The molecule has 0 bridgehead atoms. The van der Waals surface area contributed by atoms with Gasteiger partial charge in [0.2, 0.25) is 0 Å². The summed E-state index contributed by atoms with van der Waals surface area (Å²) in [4.78, 5) is 30.7. The van der Waals surface area contributed by atoms with E-state index in [9.17, 15) is 14.9 Å². The van der Waals surface area contributed by atoms with E-state index in [-0.39, 0.29) is 30.3 Å². The van der Waals surface area contributed by atoms with E-state index in [2.05, 4.69) is 11.6 Å². The molecule has 8 nitrogen and oxygen atoms in total. The van der Waals surface area contributed by atoms with Gasteiger partial charge < -0.3 is 9.47 Å². The Labute approximate surface area is 215 Å². The molecule has 2 aromatic carbocycles. The van der Waals surface area contributed by atoms with Crippen molar-refractivity contribution in [2.75, 3.05) is 7.11 Å². The second-order valence-corrected chi connectivity index (χ2v) is 9.81. The summed E-state index contributed by atoms with van der Waals surface area (Å²) in [5.41, 5.74) is 2.29. The van der Waals surface area contributed by atoms with E-state index in [1.165, 1.54) is 23.9 Å². The van der Waals surface area contributed by atoms with E-state index in [1.807, 2.05) is 45.9 Å². The number of aliphatic imine (C=N–C) groups is 1. The number of nitro groups is 1. The Kier molecular flexibility index (Phi) is 8.93. The van der Waals surface area contributed by atoms with Crippen LogP contribution in [0.2, 0.25) is 0 Å². The molecular formula is C27H31N3O5S. The van der Waals surface area contributed by atoms with Crippen molar-refractivity contribution in [2.45, 2.75) is 52.8 Å². The lowest BCUT2D eigenvalue weighted by atomic mass is 10.0. The van der Waals surface area contributed by atoms with E-state index in [0.717, 1.165) is 11.1 Å². The summed E-state index contributed by atoms with van der Waals surface area (Å²) in [7, 11) is 1.55. The van der Waals surface area contributed by atoms with Crippen molar-refractivity contribution in [3.63, 3.8) is 0 Å². The number of non-ortho nitro benzene ring substituents is 1. The lowest BCUT2D eigenvalue weighted by Gasteiger charge is -2.20. The first-order valence-corrected chi connectivity index (χ1v) is 12.4. The molecule has 1 saturated heterocycles. The van der Waals surface area contributed by atoms with Crippen molar-refractivity contribution in [3.8, 4) is 11.5 Å². The van der Waals surface area contributed by atoms with Gasteiger partial charge in [-0.15, -0.1) is 6.58 Å². The molecule has 1 amide bonds. The summed E-state index contributed by atoms with van der Waals surface area (Å²) in [5.74, 6) is 0.950. The molecule has 1 aliphatic rings. The molecule has 1 fully saturated rings. The fraction of sp³-hybridized carbons (Fsp3) is 0.333. The lowest BCUT2D eigenvalue weighted by molar-refractivity contribution is -0.384. The van der Waals surface area contributed by atoms with Crippen LogP contribution < -0.4 is 9.47 Å². The Bertz CT molecular complexity index is 1220. The standard InChI is InChI=1S/C27H31N3O5S/c1-7-9-21-12-20(15-24-26(31)29(18(4)5)27(36-24)28-17(2)3)14-23(34-6)25(21)35-16-19-10-8-11-22(13-19)30(32)33/h7-8,10-15,17-18H,1,9,16H2,2-6H3/b24-15+,28-27?. The number of ether oxygens (including phenoxy) is 2.